The zero-order valence-electron chi connectivity index (χ0n) is 13.0. The molecule has 0 saturated heterocycles. The van der Waals surface area contributed by atoms with Gasteiger partial charge in [-0.05, 0) is 42.8 Å². The number of nitrogens with zero attached hydrogens (tertiary/aromatic N) is 3. The van der Waals surface area contributed by atoms with Crippen LogP contribution < -0.4 is 10.6 Å². The average Bonchev–Trinajstić information content (AvgIpc) is 3.11. The molecule has 0 aliphatic rings. The molecule has 6 nitrogen and oxygen atoms in total. The number of anilines is 1. The second-order valence-electron chi connectivity index (χ2n) is 5.21. The minimum Gasteiger partial charge on any atom is -0.331 e. The second-order valence-corrected chi connectivity index (χ2v) is 5.57. The summed E-state index contributed by atoms with van der Waals surface area (Å²) in [6.45, 7) is 1.91. The number of nitrogens with one attached hydrogen (secondary N) is 2. The van der Waals surface area contributed by atoms with Gasteiger partial charge in [-0.2, -0.15) is 5.10 Å². The molecule has 0 aliphatic heterocycles. The van der Waals surface area contributed by atoms with E-state index in [0.717, 1.165) is 11.3 Å². The highest BCUT2D eigenvalue weighted by Gasteiger charge is 2.12. The highest BCUT2D eigenvalue weighted by atomic mass is 35.5. The maximum Gasteiger partial charge on any atom is 0.319 e. The number of pyridine rings is 1. The number of hydrogen-bond donors (Lipinski definition) is 2. The zero-order chi connectivity index (χ0) is 16.9. The molecule has 0 saturated carbocycles. The van der Waals surface area contributed by atoms with Crippen molar-refractivity contribution in [3.05, 3.63) is 71.8 Å². The number of hydrogen-bond acceptors (Lipinski definition) is 3. The Bertz CT molecular complexity index is 835. The molecule has 2 amide bonds. The summed E-state index contributed by atoms with van der Waals surface area (Å²) >= 11 is 5.94. The number of aromatic nitrogens is 3. The van der Waals surface area contributed by atoms with E-state index in [-0.39, 0.29) is 17.2 Å². The summed E-state index contributed by atoms with van der Waals surface area (Å²) in [6, 6.07) is 12.6. The summed E-state index contributed by atoms with van der Waals surface area (Å²) in [5.74, 6) is 0. The Hall–Kier alpha value is -2.86. The van der Waals surface area contributed by atoms with Crippen LogP contribution in [0.15, 0.2) is 61.1 Å². The van der Waals surface area contributed by atoms with Gasteiger partial charge in [0.05, 0.1) is 17.4 Å². The molecular weight excluding hydrogens is 326 g/mol. The first-order valence-corrected chi connectivity index (χ1v) is 7.79. The van der Waals surface area contributed by atoms with Gasteiger partial charge in [0.1, 0.15) is 0 Å². The van der Waals surface area contributed by atoms with E-state index in [0.29, 0.717) is 5.69 Å². The molecular formula is C17H16ClN5O. The van der Waals surface area contributed by atoms with Crippen LogP contribution in [0, 0.1) is 0 Å². The van der Waals surface area contributed by atoms with Gasteiger partial charge in [-0.15, -0.1) is 0 Å². The van der Waals surface area contributed by atoms with Crippen molar-refractivity contribution in [3.8, 4) is 5.69 Å². The predicted octanol–water partition coefficient (Wildman–Crippen LogP) is 3.80. The third-order valence-corrected chi connectivity index (χ3v) is 3.80. The van der Waals surface area contributed by atoms with E-state index >= 15 is 0 Å². The molecule has 0 bridgehead atoms. The van der Waals surface area contributed by atoms with E-state index in [9.17, 15) is 4.79 Å². The maximum absolute atomic E-state index is 12.1. The van der Waals surface area contributed by atoms with Crippen LogP contribution >= 0.6 is 11.6 Å². The molecule has 2 heterocycles. The fourth-order valence-electron chi connectivity index (χ4n) is 2.28. The van der Waals surface area contributed by atoms with E-state index in [2.05, 4.69) is 20.7 Å². The first-order chi connectivity index (χ1) is 11.6. The van der Waals surface area contributed by atoms with Gasteiger partial charge in [-0.25, -0.2) is 14.5 Å². The topological polar surface area (TPSA) is 71.8 Å². The van der Waals surface area contributed by atoms with E-state index in [1.54, 1.807) is 29.2 Å². The molecule has 0 unspecified atom stereocenters. The maximum atomic E-state index is 12.1. The van der Waals surface area contributed by atoms with Crippen molar-refractivity contribution in [3.63, 3.8) is 0 Å². The van der Waals surface area contributed by atoms with Crippen molar-refractivity contribution >= 4 is 23.3 Å². The standard InChI is InChI=1S/C17H16ClN5O/c1-12(21-17(24)22-15-7-3-8-19-16(15)18)13-5-2-6-14(11-13)23-10-4-9-20-23/h2-12H,1H3,(H2,21,22,24)/t12-/m0/s1. The molecule has 1 atom stereocenters. The molecule has 122 valence electrons. The number of benzene rings is 1. The van der Waals surface area contributed by atoms with Crippen molar-refractivity contribution in [2.75, 3.05) is 5.32 Å². The summed E-state index contributed by atoms with van der Waals surface area (Å²) in [5.41, 5.74) is 2.37. The fourth-order valence-corrected chi connectivity index (χ4v) is 2.44. The van der Waals surface area contributed by atoms with Crippen LogP contribution in [-0.2, 0) is 0 Å². The molecule has 1 aromatic carbocycles. The Kier molecular flexibility index (Phi) is 4.77. The van der Waals surface area contributed by atoms with Crippen molar-refractivity contribution < 1.29 is 4.79 Å². The van der Waals surface area contributed by atoms with Crippen LogP contribution in [-0.4, -0.2) is 20.8 Å². The number of urea groups is 1. The summed E-state index contributed by atoms with van der Waals surface area (Å²) in [5, 5.41) is 10.0. The van der Waals surface area contributed by atoms with Gasteiger partial charge < -0.3 is 10.6 Å². The van der Waals surface area contributed by atoms with Gasteiger partial charge >= 0.3 is 6.03 Å². The highest BCUT2D eigenvalue weighted by Crippen LogP contribution is 2.19. The minimum atomic E-state index is -0.345. The van der Waals surface area contributed by atoms with E-state index in [1.807, 2.05) is 43.5 Å². The van der Waals surface area contributed by atoms with Crippen molar-refractivity contribution in [2.24, 2.45) is 0 Å². The quantitative estimate of drug-likeness (QED) is 0.709. The Balaban J connectivity index is 1.68. The van der Waals surface area contributed by atoms with Gasteiger partial charge in [-0.3, -0.25) is 0 Å². The number of halogens is 1. The van der Waals surface area contributed by atoms with Gasteiger partial charge in [0, 0.05) is 18.6 Å². The molecule has 0 fully saturated rings. The lowest BCUT2D eigenvalue weighted by atomic mass is 10.1. The molecule has 0 spiro atoms. The summed E-state index contributed by atoms with van der Waals surface area (Å²) in [6.07, 6.45) is 5.16. The highest BCUT2D eigenvalue weighted by molar-refractivity contribution is 6.32. The van der Waals surface area contributed by atoms with E-state index < -0.39 is 0 Å². The van der Waals surface area contributed by atoms with Gasteiger partial charge in [-0.1, -0.05) is 23.7 Å². The molecule has 0 aliphatic carbocycles. The lowest BCUT2D eigenvalue weighted by Gasteiger charge is -2.16. The number of amides is 2. The van der Waals surface area contributed by atoms with Crippen molar-refractivity contribution in [2.45, 2.75) is 13.0 Å². The Morgan fingerprint density at radius 2 is 2.08 bits per heavy atom. The fraction of sp³-hybridized carbons (Fsp3) is 0.118. The van der Waals surface area contributed by atoms with Crippen LogP contribution in [0.2, 0.25) is 5.15 Å². The molecule has 7 heteroatoms. The molecule has 2 N–H and O–H groups in total. The largest absolute Gasteiger partial charge is 0.331 e. The summed E-state index contributed by atoms with van der Waals surface area (Å²) in [7, 11) is 0. The molecule has 2 aromatic heterocycles. The third kappa shape index (κ3) is 3.72. The van der Waals surface area contributed by atoms with Crippen LogP contribution in [0.4, 0.5) is 10.5 Å². The monoisotopic (exact) mass is 341 g/mol. The van der Waals surface area contributed by atoms with Crippen molar-refractivity contribution in [1.82, 2.24) is 20.1 Å². The lowest BCUT2D eigenvalue weighted by Crippen LogP contribution is -2.31. The lowest BCUT2D eigenvalue weighted by molar-refractivity contribution is 0.249. The SMILES string of the molecule is C[C@H](NC(=O)Nc1cccnc1Cl)c1cccc(-n2cccn2)c1. The molecule has 24 heavy (non-hydrogen) atoms. The van der Waals surface area contributed by atoms with Crippen LogP contribution in [0.5, 0.6) is 0 Å². The van der Waals surface area contributed by atoms with E-state index in [1.165, 1.54) is 0 Å². The molecule has 0 radical (unpaired) electrons. The number of carbonyl (C=O) groups is 1. The Morgan fingerprint density at radius 1 is 1.21 bits per heavy atom. The average molecular weight is 342 g/mol. The van der Waals surface area contributed by atoms with Crippen LogP contribution in [0.1, 0.15) is 18.5 Å². The first kappa shape index (κ1) is 16.0. The summed E-state index contributed by atoms with van der Waals surface area (Å²) < 4.78 is 1.77. The number of carbonyl (C=O) groups excluding carboxylic acids is 1. The van der Waals surface area contributed by atoms with Gasteiger partial charge in [0.15, 0.2) is 5.15 Å². The van der Waals surface area contributed by atoms with Crippen molar-refractivity contribution in [1.29, 1.82) is 0 Å². The first-order valence-electron chi connectivity index (χ1n) is 7.41. The Morgan fingerprint density at radius 3 is 2.83 bits per heavy atom. The van der Waals surface area contributed by atoms with Gasteiger partial charge in [0.25, 0.3) is 0 Å². The Labute approximate surface area is 144 Å². The van der Waals surface area contributed by atoms with E-state index in [4.69, 9.17) is 11.6 Å². The smallest absolute Gasteiger partial charge is 0.319 e. The number of rotatable bonds is 4. The van der Waals surface area contributed by atoms with Crippen LogP contribution in [0.25, 0.3) is 5.69 Å². The zero-order valence-corrected chi connectivity index (χ0v) is 13.7. The van der Waals surface area contributed by atoms with Gasteiger partial charge in [0.2, 0.25) is 0 Å². The third-order valence-electron chi connectivity index (χ3n) is 3.49. The predicted molar refractivity (Wildman–Crippen MR) is 93.4 cm³/mol. The summed E-state index contributed by atoms with van der Waals surface area (Å²) in [4.78, 5) is 16.1. The minimum absolute atomic E-state index is 0.184. The molecule has 3 rings (SSSR count). The second kappa shape index (κ2) is 7.14. The normalized spacial score (nSPS) is 11.8. The van der Waals surface area contributed by atoms with Crippen LogP contribution in [0.3, 0.4) is 0 Å². The molecule has 3 aromatic rings.